The van der Waals surface area contributed by atoms with E-state index < -0.39 is 0 Å². The molecule has 3 fully saturated rings. The fourth-order valence-electron chi connectivity index (χ4n) is 4.86. The molecule has 4 rings (SSSR count). The van der Waals surface area contributed by atoms with Crippen LogP contribution in [0.25, 0.3) is 0 Å². The van der Waals surface area contributed by atoms with Gasteiger partial charge < -0.3 is 29.2 Å². The number of piperidine rings is 1. The summed E-state index contributed by atoms with van der Waals surface area (Å²) in [5.74, 6) is 2.68. The van der Waals surface area contributed by atoms with Crippen LogP contribution < -0.4 is 14.8 Å². The normalized spacial score (nSPS) is 23.0. The van der Waals surface area contributed by atoms with Crippen molar-refractivity contribution in [1.29, 1.82) is 0 Å². The SMILES string of the molecule is CN=C(NCc1ccc(OC)cc1OC1CCCC1)N1CCC(OCC2CCCO2)CC1. The zero-order chi connectivity index (χ0) is 22.2. The lowest BCUT2D eigenvalue weighted by Crippen LogP contribution is -2.47. The molecule has 1 aromatic rings. The summed E-state index contributed by atoms with van der Waals surface area (Å²) >= 11 is 0. The van der Waals surface area contributed by atoms with Gasteiger partial charge in [-0.05, 0) is 63.5 Å². The number of hydrogen-bond acceptors (Lipinski definition) is 5. The Morgan fingerprint density at radius 3 is 2.59 bits per heavy atom. The Kier molecular flexibility index (Phi) is 8.51. The van der Waals surface area contributed by atoms with Gasteiger partial charge in [0, 0.05) is 44.9 Å². The molecule has 32 heavy (non-hydrogen) atoms. The number of likely N-dealkylation sites (tertiary alicyclic amines) is 1. The molecule has 0 amide bonds. The molecule has 1 aliphatic carbocycles. The molecule has 7 nitrogen and oxygen atoms in total. The summed E-state index contributed by atoms with van der Waals surface area (Å²) < 4.78 is 23.6. The first kappa shape index (κ1) is 23.2. The number of nitrogens with one attached hydrogen (secondary N) is 1. The smallest absolute Gasteiger partial charge is 0.193 e. The maximum absolute atomic E-state index is 6.34. The van der Waals surface area contributed by atoms with E-state index in [1.165, 1.54) is 12.8 Å². The van der Waals surface area contributed by atoms with E-state index in [0.717, 1.165) is 87.9 Å². The minimum atomic E-state index is 0.299. The minimum absolute atomic E-state index is 0.299. The van der Waals surface area contributed by atoms with E-state index in [-0.39, 0.29) is 0 Å². The monoisotopic (exact) mass is 445 g/mol. The van der Waals surface area contributed by atoms with Crippen molar-refractivity contribution in [2.45, 2.75) is 76.2 Å². The van der Waals surface area contributed by atoms with E-state index in [0.29, 0.717) is 24.9 Å². The number of hydrogen-bond donors (Lipinski definition) is 1. The van der Waals surface area contributed by atoms with Crippen LogP contribution in [0.15, 0.2) is 23.2 Å². The average molecular weight is 446 g/mol. The Labute approximate surface area is 192 Å². The highest BCUT2D eigenvalue weighted by Crippen LogP contribution is 2.30. The molecule has 1 saturated carbocycles. The molecular weight excluding hydrogens is 406 g/mol. The molecule has 1 aromatic carbocycles. The Hall–Kier alpha value is -1.99. The van der Waals surface area contributed by atoms with Crippen LogP contribution in [0.3, 0.4) is 0 Å². The van der Waals surface area contributed by atoms with Crippen LogP contribution in [-0.4, -0.2) is 69.6 Å². The van der Waals surface area contributed by atoms with Crippen LogP contribution >= 0.6 is 0 Å². The van der Waals surface area contributed by atoms with Crippen LogP contribution in [0, 0.1) is 0 Å². The van der Waals surface area contributed by atoms with E-state index in [9.17, 15) is 0 Å². The summed E-state index contributed by atoms with van der Waals surface area (Å²) in [5.41, 5.74) is 1.13. The molecule has 7 heteroatoms. The van der Waals surface area contributed by atoms with Gasteiger partial charge >= 0.3 is 0 Å². The third kappa shape index (κ3) is 6.29. The molecule has 3 aliphatic rings. The lowest BCUT2D eigenvalue weighted by atomic mass is 10.1. The van der Waals surface area contributed by atoms with Crippen molar-refractivity contribution < 1.29 is 18.9 Å². The largest absolute Gasteiger partial charge is 0.497 e. The van der Waals surface area contributed by atoms with Crippen LogP contribution in [0.1, 0.15) is 56.9 Å². The second-order valence-electron chi connectivity index (χ2n) is 9.05. The van der Waals surface area contributed by atoms with Gasteiger partial charge in [-0.1, -0.05) is 0 Å². The van der Waals surface area contributed by atoms with Gasteiger partial charge in [0.2, 0.25) is 0 Å². The third-order valence-corrected chi connectivity index (χ3v) is 6.80. The molecule has 0 bridgehead atoms. The topological polar surface area (TPSA) is 64.6 Å². The van der Waals surface area contributed by atoms with Crippen molar-refractivity contribution in [3.63, 3.8) is 0 Å². The van der Waals surface area contributed by atoms with Gasteiger partial charge in [0.15, 0.2) is 5.96 Å². The van der Waals surface area contributed by atoms with Crippen molar-refractivity contribution in [2.75, 3.05) is 40.5 Å². The fraction of sp³-hybridized carbons (Fsp3) is 0.720. The average Bonchev–Trinajstić information content (AvgIpc) is 3.54. The first-order valence-corrected chi connectivity index (χ1v) is 12.3. The van der Waals surface area contributed by atoms with Crippen molar-refractivity contribution in [3.8, 4) is 11.5 Å². The number of methoxy groups -OCH3 is 1. The van der Waals surface area contributed by atoms with Gasteiger partial charge in [0.25, 0.3) is 0 Å². The summed E-state index contributed by atoms with van der Waals surface area (Å²) in [7, 11) is 3.55. The number of benzene rings is 1. The summed E-state index contributed by atoms with van der Waals surface area (Å²) in [6, 6.07) is 6.10. The van der Waals surface area contributed by atoms with E-state index in [1.54, 1.807) is 7.11 Å². The van der Waals surface area contributed by atoms with Crippen molar-refractivity contribution in [1.82, 2.24) is 10.2 Å². The molecule has 2 heterocycles. The molecule has 2 saturated heterocycles. The summed E-state index contributed by atoms with van der Waals surface area (Å²) in [4.78, 5) is 6.86. The molecule has 1 unspecified atom stereocenters. The molecule has 2 aliphatic heterocycles. The first-order valence-electron chi connectivity index (χ1n) is 12.3. The Balaban J connectivity index is 1.28. The minimum Gasteiger partial charge on any atom is -0.497 e. The highest BCUT2D eigenvalue weighted by atomic mass is 16.5. The third-order valence-electron chi connectivity index (χ3n) is 6.80. The predicted molar refractivity (Wildman–Crippen MR) is 126 cm³/mol. The number of ether oxygens (including phenoxy) is 4. The number of nitrogens with zero attached hydrogens (tertiary/aromatic N) is 2. The molecule has 1 atom stereocenters. The van der Waals surface area contributed by atoms with E-state index in [2.05, 4.69) is 21.3 Å². The maximum atomic E-state index is 6.34. The number of aliphatic imine (C=N–C) groups is 1. The van der Waals surface area contributed by atoms with Gasteiger partial charge in [-0.25, -0.2) is 0 Å². The van der Waals surface area contributed by atoms with Gasteiger partial charge in [0.05, 0.1) is 32.0 Å². The number of rotatable bonds is 8. The summed E-state index contributed by atoms with van der Waals surface area (Å²) in [6.07, 6.45) is 10.0. The van der Waals surface area contributed by atoms with Gasteiger partial charge in [0.1, 0.15) is 11.5 Å². The zero-order valence-electron chi connectivity index (χ0n) is 19.7. The highest BCUT2D eigenvalue weighted by molar-refractivity contribution is 5.80. The lowest BCUT2D eigenvalue weighted by Gasteiger charge is -2.34. The van der Waals surface area contributed by atoms with Gasteiger partial charge in [-0.2, -0.15) is 0 Å². The van der Waals surface area contributed by atoms with Crippen LogP contribution in [0.4, 0.5) is 0 Å². The van der Waals surface area contributed by atoms with E-state index >= 15 is 0 Å². The van der Waals surface area contributed by atoms with Crippen molar-refractivity contribution in [2.24, 2.45) is 4.99 Å². The standard InChI is InChI=1S/C25H39N3O4/c1-26-25(28-13-11-20(12-14-28)31-18-23-8-5-15-30-23)27-17-19-9-10-22(29-2)16-24(19)32-21-6-3-4-7-21/h9-10,16,20-21,23H,3-8,11-15,17-18H2,1-2H3,(H,26,27). The van der Waals surface area contributed by atoms with Gasteiger partial charge in [-0.3, -0.25) is 4.99 Å². The Morgan fingerprint density at radius 2 is 1.91 bits per heavy atom. The van der Waals surface area contributed by atoms with Crippen LogP contribution in [0.5, 0.6) is 11.5 Å². The maximum Gasteiger partial charge on any atom is 0.193 e. The van der Waals surface area contributed by atoms with Crippen LogP contribution in [0.2, 0.25) is 0 Å². The number of guanidine groups is 1. The first-order chi connectivity index (χ1) is 15.7. The molecule has 0 radical (unpaired) electrons. The second-order valence-corrected chi connectivity index (χ2v) is 9.05. The van der Waals surface area contributed by atoms with E-state index in [4.69, 9.17) is 18.9 Å². The second kappa shape index (κ2) is 11.8. The lowest BCUT2D eigenvalue weighted by molar-refractivity contribution is -0.0367. The Bertz CT molecular complexity index is 737. The highest BCUT2D eigenvalue weighted by Gasteiger charge is 2.24. The molecule has 1 N–H and O–H groups in total. The van der Waals surface area contributed by atoms with E-state index in [1.807, 2.05) is 19.2 Å². The fourth-order valence-corrected chi connectivity index (χ4v) is 4.86. The molecular formula is C25H39N3O4. The van der Waals surface area contributed by atoms with Crippen molar-refractivity contribution in [3.05, 3.63) is 23.8 Å². The quantitative estimate of drug-likeness (QED) is 0.486. The van der Waals surface area contributed by atoms with Crippen LogP contribution in [-0.2, 0) is 16.0 Å². The van der Waals surface area contributed by atoms with Gasteiger partial charge in [-0.15, -0.1) is 0 Å². The zero-order valence-corrected chi connectivity index (χ0v) is 19.7. The predicted octanol–water partition coefficient (Wildman–Crippen LogP) is 3.75. The van der Waals surface area contributed by atoms with Crippen molar-refractivity contribution >= 4 is 5.96 Å². The Morgan fingerprint density at radius 1 is 1.09 bits per heavy atom. The molecule has 0 spiro atoms. The molecule has 0 aromatic heterocycles. The summed E-state index contributed by atoms with van der Waals surface area (Å²) in [5, 5.41) is 3.54. The molecule has 178 valence electrons. The summed E-state index contributed by atoms with van der Waals surface area (Å²) in [6.45, 7) is 4.19.